The summed E-state index contributed by atoms with van der Waals surface area (Å²) in [5.41, 5.74) is 2.93. The Morgan fingerprint density at radius 2 is 2.03 bits per heavy atom. The number of hydrogen-bond acceptors (Lipinski definition) is 2. The molecule has 0 saturated heterocycles. The molecule has 3 nitrogen and oxygen atoms in total. The zero-order chi connectivity index (χ0) is 20.8. The van der Waals surface area contributed by atoms with Gasteiger partial charge in [0, 0.05) is 15.1 Å². The fourth-order valence-electron chi connectivity index (χ4n) is 2.81. The molecule has 0 spiro atoms. The normalized spacial score (nSPS) is 13.4. The SMILES string of the molecule is C=C1C=CC=C(C(=O)NCCc2cccc(Cl)c2)C(Nc2ccc(I)cc2F)=C1. The monoisotopic (exact) mass is 520 g/mol. The third-order valence-electron chi connectivity index (χ3n) is 4.23. The van der Waals surface area contributed by atoms with Gasteiger partial charge in [-0.25, -0.2) is 4.39 Å². The summed E-state index contributed by atoms with van der Waals surface area (Å²) in [6.45, 7) is 4.38. The van der Waals surface area contributed by atoms with Gasteiger partial charge >= 0.3 is 0 Å². The Bertz CT molecular complexity index is 1040. The molecule has 1 aliphatic rings. The van der Waals surface area contributed by atoms with Crippen LogP contribution in [0.15, 0.2) is 90.2 Å². The number of hydrogen-bond donors (Lipinski definition) is 2. The van der Waals surface area contributed by atoms with Crippen molar-refractivity contribution < 1.29 is 9.18 Å². The summed E-state index contributed by atoms with van der Waals surface area (Å²) in [6, 6.07) is 12.4. The molecule has 0 fully saturated rings. The Morgan fingerprint density at radius 3 is 2.79 bits per heavy atom. The van der Waals surface area contributed by atoms with Gasteiger partial charge in [0.25, 0.3) is 5.91 Å². The fraction of sp³-hybridized carbons (Fsp3) is 0.0870. The molecule has 1 aliphatic carbocycles. The molecule has 0 unspecified atom stereocenters. The number of benzene rings is 2. The van der Waals surface area contributed by atoms with Gasteiger partial charge in [-0.2, -0.15) is 0 Å². The van der Waals surface area contributed by atoms with Crippen LogP contribution in [0.5, 0.6) is 0 Å². The molecule has 2 N–H and O–H groups in total. The number of amides is 1. The average molecular weight is 521 g/mol. The summed E-state index contributed by atoms with van der Waals surface area (Å²) in [6.07, 6.45) is 7.61. The van der Waals surface area contributed by atoms with E-state index in [-0.39, 0.29) is 11.7 Å². The second-order valence-electron chi connectivity index (χ2n) is 6.46. The van der Waals surface area contributed by atoms with E-state index in [1.165, 1.54) is 6.07 Å². The Morgan fingerprint density at radius 1 is 1.21 bits per heavy atom. The average Bonchev–Trinajstić information content (AvgIpc) is 2.85. The molecular formula is C23H19ClFIN2O. The van der Waals surface area contributed by atoms with E-state index in [0.717, 1.165) is 9.13 Å². The molecule has 0 bridgehead atoms. The second kappa shape index (κ2) is 9.89. The summed E-state index contributed by atoms with van der Waals surface area (Å²) in [7, 11) is 0. The highest BCUT2D eigenvalue weighted by Crippen LogP contribution is 2.24. The minimum atomic E-state index is -0.388. The Kier molecular flexibility index (Phi) is 7.28. The van der Waals surface area contributed by atoms with E-state index in [2.05, 4.69) is 17.2 Å². The fourth-order valence-corrected chi connectivity index (χ4v) is 3.48. The van der Waals surface area contributed by atoms with Crippen LogP contribution in [0.25, 0.3) is 0 Å². The molecule has 0 radical (unpaired) electrons. The third-order valence-corrected chi connectivity index (χ3v) is 5.13. The molecule has 0 aliphatic heterocycles. The van der Waals surface area contributed by atoms with Gasteiger partial charge in [-0.15, -0.1) is 0 Å². The molecule has 0 aromatic heterocycles. The van der Waals surface area contributed by atoms with Gasteiger partial charge in [-0.1, -0.05) is 42.5 Å². The number of rotatable bonds is 6. The molecule has 6 heteroatoms. The van der Waals surface area contributed by atoms with Crippen molar-refractivity contribution in [2.45, 2.75) is 6.42 Å². The summed E-state index contributed by atoms with van der Waals surface area (Å²) in [5.74, 6) is -0.641. The van der Waals surface area contributed by atoms with Crippen molar-refractivity contribution in [2.75, 3.05) is 11.9 Å². The highest BCUT2D eigenvalue weighted by atomic mass is 127. The Balaban J connectivity index is 1.73. The maximum Gasteiger partial charge on any atom is 0.253 e. The second-order valence-corrected chi connectivity index (χ2v) is 8.14. The minimum absolute atomic E-state index is 0.254. The maximum absolute atomic E-state index is 14.3. The van der Waals surface area contributed by atoms with Gasteiger partial charge < -0.3 is 10.6 Å². The summed E-state index contributed by atoms with van der Waals surface area (Å²) >= 11 is 8.05. The molecule has 2 aromatic carbocycles. The molecule has 0 saturated carbocycles. The van der Waals surface area contributed by atoms with Crippen LogP contribution in [0, 0.1) is 9.39 Å². The smallest absolute Gasteiger partial charge is 0.253 e. The van der Waals surface area contributed by atoms with E-state index >= 15 is 0 Å². The van der Waals surface area contributed by atoms with E-state index in [1.54, 1.807) is 36.4 Å². The maximum atomic E-state index is 14.3. The lowest BCUT2D eigenvalue weighted by atomic mass is 10.1. The predicted octanol–water partition coefficient (Wildman–Crippen LogP) is 5.79. The predicted molar refractivity (Wildman–Crippen MR) is 125 cm³/mol. The van der Waals surface area contributed by atoms with Crippen LogP contribution in [0.3, 0.4) is 0 Å². The van der Waals surface area contributed by atoms with E-state index in [9.17, 15) is 9.18 Å². The van der Waals surface area contributed by atoms with Crippen molar-refractivity contribution in [3.8, 4) is 0 Å². The van der Waals surface area contributed by atoms with Gasteiger partial charge in [0.05, 0.1) is 17.0 Å². The lowest BCUT2D eigenvalue weighted by Crippen LogP contribution is -2.29. The van der Waals surface area contributed by atoms with E-state index in [0.29, 0.717) is 40.5 Å². The van der Waals surface area contributed by atoms with Crippen LogP contribution >= 0.6 is 34.2 Å². The molecule has 0 atom stereocenters. The molecule has 1 amide bonds. The van der Waals surface area contributed by atoms with Gasteiger partial charge in [-0.3, -0.25) is 4.79 Å². The van der Waals surface area contributed by atoms with Gasteiger partial charge in [0.1, 0.15) is 5.82 Å². The number of carbonyl (C=O) groups excluding carboxylic acids is 1. The van der Waals surface area contributed by atoms with Gasteiger partial charge in [0.15, 0.2) is 0 Å². The quantitative estimate of drug-likeness (QED) is 0.474. The number of anilines is 1. The molecule has 0 heterocycles. The van der Waals surface area contributed by atoms with Crippen molar-refractivity contribution in [3.05, 3.63) is 110 Å². The minimum Gasteiger partial charge on any atom is -0.352 e. The van der Waals surface area contributed by atoms with Crippen LogP contribution < -0.4 is 10.6 Å². The first-order valence-corrected chi connectivity index (χ1v) is 10.4. The van der Waals surface area contributed by atoms with Gasteiger partial charge in [0.2, 0.25) is 0 Å². The standard InChI is InChI=1S/C23H19ClFIN2O/c1-15-4-2-7-19(22(12-15)28-21-9-8-18(26)14-20(21)25)23(29)27-11-10-16-5-3-6-17(24)13-16/h2-9,12-14,28H,1,10-11H2,(H,27,29). The molecule has 3 rings (SSSR count). The van der Waals surface area contributed by atoms with Crippen molar-refractivity contribution in [2.24, 2.45) is 0 Å². The molecule has 2 aromatic rings. The van der Waals surface area contributed by atoms with Crippen LogP contribution in [-0.4, -0.2) is 12.5 Å². The lowest BCUT2D eigenvalue weighted by Gasteiger charge is -2.15. The number of halogens is 3. The van der Waals surface area contributed by atoms with Gasteiger partial charge in [-0.05, 0) is 82.6 Å². The largest absolute Gasteiger partial charge is 0.352 e. The number of nitrogens with one attached hydrogen (secondary N) is 2. The van der Waals surface area contributed by atoms with E-state index < -0.39 is 0 Å². The zero-order valence-corrected chi connectivity index (χ0v) is 18.4. The number of carbonyl (C=O) groups is 1. The molecule has 29 heavy (non-hydrogen) atoms. The summed E-state index contributed by atoms with van der Waals surface area (Å²) in [5, 5.41) is 6.61. The highest BCUT2D eigenvalue weighted by Gasteiger charge is 2.17. The molecular weight excluding hydrogens is 502 g/mol. The first-order valence-electron chi connectivity index (χ1n) is 8.96. The topological polar surface area (TPSA) is 41.1 Å². The number of allylic oxidation sites excluding steroid dienone is 5. The lowest BCUT2D eigenvalue weighted by molar-refractivity contribution is -0.117. The van der Waals surface area contributed by atoms with Crippen LogP contribution in [0.4, 0.5) is 10.1 Å². The van der Waals surface area contributed by atoms with Crippen LogP contribution in [-0.2, 0) is 11.2 Å². The first-order chi connectivity index (χ1) is 13.9. The summed E-state index contributed by atoms with van der Waals surface area (Å²) in [4.78, 5) is 12.8. The van der Waals surface area contributed by atoms with Crippen molar-refractivity contribution in [1.82, 2.24) is 5.32 Å². The third kappa shape index (κ3) is 6.05. The first kappa shape index (κ1) is 21.3. The van der Waals surface area contributed by atoms with E-state index in [1.807, 2.05) is 46.9 Å². The zero-order valence-electron chi connectivity index (χ0n) is 15.5. The van der Waals surface area contributed by atoms with E-state index in [4.69, 9.17) is 11.6 Å². The van der Waals surface area contributed by atoms with Crippen molar-refractivity contribution >= 4 is 45.8 Å². The van der Waals surface area contributed by atoms with Crippen molar-refractivity contribution in [1.29, 1.82) is 0 Å². The Labute approximate surface area is 188 Å². The van der Waals surface area contributed by atoms with Crippen molar-refractivity contribution in [3.63, 3.8) is 0 Å². The van der Waals surface area contributed by atoms with Crippen LogP contribution in [0.2, 0.25) is 5.02 Å². The Hall–Kier alpha value is -2.38. The van der Waals surface area contributed by atoms with Crippen LogP contribution in [0.1, 0.15) is 5.56 Å². The molecule has 148 valence electrons. The highest BCUT2D eigenvalue weighted by molar-refractivity contribution is 14.1. The summed E-state index contributed by atoms with van der Waals surface area (Å²) < 4.78 is 15.1.